The van der Waals surface area contributed by atoms with E-state index in [1.54, 1.807) is 0 Å². The van der Waals surface area contributed by atoms with Crippen LogP contribution in [0.25, 0.3) is 0 Å². The maximum atomic E-state index is 10.8. The Bertz CT molecular complexity index is 421. The molecule has 0 amide bonds. The van der Waals surface area contributed by atoms with Crippen LogP contribution in [0.15, 0.2) is 6.20 Å². The molecule has 1 unspecified atom stereocenters. The molecule has 0 saturated heterocycles. The Morgan fingerprint density at radius 1 is 1.50 bits per heavy atom. The van der Waals surface area contributed by atoms with E-state index < -0.39 is 5.97 Å². The van der Waals surface area contributed by atoms with Crippen LogP contribution in [-0.4, -0.2) is 20.6 Å². The number of carboxylic acid groups (broad SMARTS) is 1. The fourth-order valence-corrected chi connectivity index (χ4v) is 2.57. The van der Waals surface area contributed by atoms with E-state index in [1.807, 2.05) is 0 Å². The van der Waals surface area contributed by atoms with E-state index in [-0.39, 0.29) is 12.3 Å². The lowest BCUT2D eigenvalue weighted by atomic mass is 9.96. The summed E-state index contributed by atoms with van der Waals surface area (Å²) in [4.78, 5) is 15.4. The fourth-order valence-electron chi connectivity index (χ4n) is 2.57. The van der Waals surface area contributed by atoms with Gasteiger partial charge < -0.3 is 9.67 Å². The van der Waals surface area contributed by atoms with Crippen LogP contribution in [0, 0.1) is 0 Å². The zero-order chi connectivity index (χ0) is 11.1. The minimum Gasteiger partial charge on any atom is -0.481 e. The number of imidazole rings is 1. The number of rotatable bonds is 3. The molecule has 1 fully saturated rings. The molecule has 1 aliphatic heterocycles. The van der Waals surface area contributed by atoms with Gasteiger partial charge in [0.1, 0.15) is 5.82 Å². The van der Waals surface area contributed by atoms with Crippen LogP contribution in [0.3, 0.4) is 0 Å². The first kappa shape index (κ1) is 9.87. The molecule has 3 rings (SSSR count). The Balaban J connectivity index is 1.88. The third-order valence-electron chi connectivity index (χ3n) is 3.56. The van der Waals surface area contributed by atoms with Crippen molar-refractivity contribution in [3.05, 3.63) is 17.7 Å². The number of nitrogens with zero attached hydrogens (tertiary/aromatic N) is 2. The summed E-state index contributed by atoms with van der Waals surface area (Å²) in [5.41, 5.74) is 1.19. The zero-order valence-electron chi connectivity index (χ0n) is 9.22. The lowest BCUT2D eigenvalue weighted by Crippen LogP contribution is -2.18. The van der Waals surface area contributed by atoms with Crippen molar-refractivity contribution in [1.29, 1.82) is 0 Å². The van der Waals surface area contributed by atoms with E-state index in [2.05, 4.69) is 15.7 Å². The normalized spacial score (nSPS) is 24.1. The molecule has 1 aromatic rings. The fraction of sp³-hybridized carbons (Fsp3) is 0.667. The van der Waals surface area contributed by atoms with E-state index in [4.69, 9.17) is 5.11 Å². The molecule has 2 heterocycles. The highest BCUT2D eigenvalue weighted by Crippen LogP contribution is 2.41. The minimum atomic E-state index is -0.713. The number of aromatic nitrogens is 2. The molecule has 4 nitrogen and oxygen atoms in total. The molecule has 16 heavy (non-hydrogen) atoms. The third-order valence-corrected chi connectivity index (χ3v) is 3.56. The second-order valence-corrected chi connectivity index (χ2v) is 4.93. The van der Waals surface area contributed by atoms with Crippen molar-refractivity contribution in [2.75, 3.05) is 0 Å². The molecule has 1 N–H and O–H groups in total. The van der Waals surface area contributed by atoms with Crippen LogP contribution in [0.2, 0.25) is 0 Å². The van der Waals surface area contributed by atoms with Crippen molar-refractivity contribution < 1.29 is 9.90 Å². The van der Waals surface area contributed by atoms with E-state index in [0.29, 0.717) is 5.92 Å². The van der Waals surface area contributed by atoms with Gasteiger partial charge in [-0.05, 0) is 25.7 Å². The molecule has 1 atom stereocenters. The summed E-state index contributed by atoms with van der Waals surface area (Å²) in [5, 5.41) is 8.88. The largest absolute Gasteiger partial charge is 0.481 e. The lowest BCUT2D eigenvalue weighted by Gasteiger charge is -2.21. The summed E-state index contributed by atoms with van der Waals surface area (Å²) in [6.45, 7) is 1.01. The maximum absolute atomic E-state index is 10.8. The third kappa shape index (κ3) is 1.72. The number of aliphatic carboxylic acids is 1. The minimum absolute atomic E-state index is 0.124. The van der Waals surface area contributed by atoms with Crippen molar-refractivity contribution >= 4 is 5.97 Å². The average molecular weight is 220 g/mol. The van der Waals surface area contributed by atoms with Crippen LogP contribution in [0.4, 0.5) is 0 Å². The number of hydrogen-bond acceptors (Lipinski definition) is 2. The SMILES string of the molecule is O=C(O)CC1CCCn2cc(C3CC3)nc21. The number of carboxylic acids is 1. The van der Waals surface area contributed by atoms with E-state index in [1.165, 1.54) is 18.5 Å². The first-order valence-corrected chi connectivity index (χ1v) is 6.03. The summed E-state index contributed by atoms with van der Waals surface area (Å²) in [6, 6.07) is 0. The van der Waals surface area contributed by atoms with Crippen molar-refractivity contribution in [1.82, 2.24) is 9.55 Å². The van der Waals surface area contributed by atoms with Gasteiger partial charge in [0, 0.05) is 24.6 Å². The van der Waals surface area contributed by atoms with Crippen LogP contribution < -0.4 is 0 Å². The van der Waals surface area contributed by atoms with E-state index in [0.717, 1.165) is 25.2 Å². The van der Waals surface area contributed by atoms with Gasteiger partial charge in [-0.2, -0.15) is 0 Å². The van der Waals surface area contributed by atoms with Gasteiger partial charge in [-0.25, -0.2) is 4.98 Å². The van der Waals surface area contributed by atoms with Gasteiger partial charge in [-0.3, -0.25) is 4.79 Å². The first-order valence-electron chi connectivity index (χ1n) is 6.03. The standard InChI is InChI=1S/C12H16N2O2/c15-11(16)6-9-2-1-5-14-7-10(8-3-4-8)13-12(9)14/h7-9H,1-6H2,(H,15,16). The molecule has 0 radical (unpaired) electrons. The van der Waals surface area contributed by atoms with Gasteiger partial charge in [-0.1, -0.05) is 0 Å². The molecule has 1 aliphatic carbocycles. The van der Waals surface area contributed by atoms with Crippen molar-refractivity contribution in [2.24, 2.45) is 0 Å². The van der Waals surface area contributed by atoms with Crippen molar-refractivity contribution in [2.45, 2.75) is 50.5 Å². The quantitative estimate of drug-likeness (QED) is 0.848. The topological polar surface area (TPSA) is 55.1 Å². The molecule has 0 aromatic carbocycles. The number of fused-ring (bicyclic) bond motifs is 1. The predicted octanol–water partition coefficient (Wildman–Crippen LogP) is 2.11. The molecule has 1 aromatic heterocycles. The Morgan fingerprint density at radius 3 is 3.00 bits per heavy atom. The summed E-state index contributed by atoms with van der Waals surface area (Å²) in [7, 11) is 0. The molecule has 0 bridgehead atoms. The predicted molar refractivity (Wildman–Crippen MR) is 58.4 cm³/mol. The van der Waals surface area contributed by atoms with E-state index in [9.17, 15) is 4.79 Å². The highest BCUT2D eigenvalue weighted by Gasteiger charge is 2.30. The maximum Gasteiger partial charge on any atom is 0.304 e. The Morgan fingerprint density at radius 2 is 2.31 bits per heavy atom. The van der Waals surface area contributed by atoms with Crippen molar-refractivity contribution in [3.63, 3.8) is 0 Å². The monoisotopic (exact) mass is 220 g/mol. The summed E-state index contributed by atoms with van der Waals surface area (Å²) in [5.74, 6) is 1.08. The number of aryl methyl sites for hydroxylation is 1. The number of carbonyl (C=O) groups is 1. The van der Waals surface area contributed by atoms with Crippen LogP contribution >= 0.6 is 0 Å². The zero-order valence-corrected chi connectivity index (χ0v) is 9.22. The second kappa shape index (κ2) is 3.61. The Labute approximate surface area is 94.3 Å². The number of hydrogen-bond donors (Lipinski definition) is 1. The second-order valence-electron chi connectivity index (χ2n) is 4.93. The Kier molecular flexibility index (Phi) is 2.23. The molecule has 4 heteroatoms. The first-order chi connectivity index (χ1) is 7.74. The summed E-state index contributed by atoms with van der Waals surface area (Å²) >= 11 is 0. The van der Waals surface area contributed by atoms with Crippen molar-refractivity contribution in [3.8, 4) is 0 Å². The summed E-state index contributed by atoms with van der Waals surface area (Å²) in [6.07, 6.45) is 6.90. The van der Waals surface area contributed by atoms with Gasteiger partial charge in [-0.15, -0.1) is 0 Å². The van der Waals surface area contributed by atoms with Crippen LogP contribution in [-0.2, 0) is 11.3 Å². The average Bonchev–Trinajstić information content (AvgIpc) is 2.98. The van der Waals surface area contributed by atoms with Gasteiger partial charge >= 0.3 is 5.97 Å². The molecule has 0 spiro atoms. The van der Waals surface area contributed by atoms with Crippen LogP contribution in [0.1, 0.15) is 55.5 Å². The molecular formula is C12H16N2O2. The summed E-state index contributed by atoms with van der Waals surface area (Å²) < 4.78 is 2.17. The van der Waals surface area contributed by atoms with Crippen LogP contribution in [0.5, 0.6) is 0 Å². The molecule has 1 saturated carbocycles. The van der Waals surface area contributed by atoms with Gasteiger partial charge in [0.2, 0.25) is 0 Å². The molecular weight excluding hydrogens is 204 g/mol. The highest BCUT2D eigenvalue weighted by atomic mass is 16.4. The molecule has 2 aliphatic rings. The lowest BCUT2D eigenvalue weighted by molar-refractivity contribution is -0.137. The van der Waals surface area contributed by atoms with Gasteiger partial charge in [0.05, 0.1) is 12.1 Å². The smallest absolute Gasteiger partial charge is 0.304 e. The Hall–Kier alpha value is -1.32. The van der Waals surface area contributed by atoms with E-state index >= 15 is 0 Å². The highest BCUT2D eigenvalue weighted by molar-refractivity contribution is 5.67. The van der Waals surface area contributed by atoms with Gasteiger partial charge in [0.15, 0.2) is 0 Å². The molecule has 86 valence electrons. The van der Waals surface area contributed by atoms with Gasteiger partial charge in [0.25, 0.3) is 0 Å².